The van der Waals surface area contributed by atoms with E-state index in [4.69, 9.17) is 4.74 Å². The van der Waals surface area contributed by atoms with Crippen LogP contribution in [-0.4, -0.2) is 57.1 Å². The van der Waals surface area contributed by atoms with Crippen LogP contribution in [0, 0.1) is 5.41 Å². The highest BCUT2D eigenvalue weighted by molar-refractivity contribution is 5.80. The second-order valence-electron chi connectivity index (χ2n) is 7.50. The van der Waals surface area contributed by atoms with Crippen molar-refractivity contribution in [1.29, 1.82) is 0 Å². The fourth-order valence-corrected chi connectivity index (χ4v) is 3.44. The van der Waals surface area contributed by atoms with Crippen LogP contribution < -0.4 is 15.5 Å². The van der Waals surface area contributed by atoms with E-state index in [0.29, 0.717) is 19.8 Å². The number of hydrogen-bond donors (Lipinski definition) is 3. The zero-order valence-corrected chi connectivity index (χ0v) is 16.0. The Morgan fingerprint density at radius 2 is 2.12 bits per heavy atom. The second kappa shape index (κ2) is 8.73. The van der Waals surface area contributed by atoms with Gasteiger partial charge in [0.1, 0.15) is 0 Å². The molecule has 0 spiro atoms. The van der Waals surface area contributed by atoms with E-state index in [1.54, 1.807) is 0 Å². The van der Waals surface area contributed by atoms with Crippen LogP contribution in [0.5, 0.6) is 0 Å². The van der Waals surface area contributed by atoms with Crippen LogP contribution in [0.25, 0.3) is 0 Å². The van der Waals surface area contributed by atoms with Crippen LogP contribution in [-0.2, 0) is 4.74 Å². The fourth-order valence-electron chi connectivity index (χ4n) is 3.44. The molecule has 2 aliphatic heterocycles. The molecule has 3 rings (SSSR count). The number of guanidine groups is 1. The number of hydrogen-bond acceptors (Lipinski definition) is 4. The quantitative estimate of drug-likeness (QED) is 0.512. The van der Waals surface area contributed by atoms with Crippen LogP contribution in [0.3, 0.4) is 0 Å². The van der Waals surface area contributed by atoms with Gasteiger partial charge in [0.15, 0.2) is 5.96 Å². The second-order valence-corrected chi connectivity index (χ2v) is 7.50. The molecule has 1 unspecified atom stereocenters. The summed E-state index contributed by atoms with van der Waals surface area (Å²) in [6.45, 7) is 9.17. The van der Waals surface area contributed by atoms with E-state index >= 15 is 0 Å². The first-order valence-electron chi connectivity index (χ1n) is 9.74. The maximum atomic E-state index is 9.58. The van der Waals surface area contributed by atoms with Gasteiger partial charge in [-0.25, -0.2) is 0 Å². The average molecular weight is 361 g/mol. The van der Waals surface area contributed by atoms with Crippen molar-refractivity contribution in [2.75, 3.05) is 50.9 Å². The molecule has 2 saturated heterocycles. The van der Waals surface area contributed by atoms with Crippen molar-refractivity contribution in [3.8, 4) is 0 Å². The lowest BCUT2D eigenvalue weighted by atomic mass is 9.87. The van der Waals surface area contributed by atoms with Crippen LogP contribution in [0.2, 0.25) is 0 Å². The Bertz CT molecular complexity index is 604. The Hall–Kier alpha value is -1.79. The van der Waals surface area contributed by atoms with Crippen molar-refractivity contribution in [2.24, 2.45) is 10.4 Å². The molecule has 0 amide bonds. The zero-order chi connectivity index (χ0) is 18.4. The number of aliphatic imine (C=N–C) groups is 1. The number of rotatable bonds is 7. The molecule has 2 heterocycles. The molecule has 0 aromatic heterocycles. The Morgan fingerprint density at radius 1 is 1.35 bits per heavy atom. The van der Waals surface area contributed by atoms with Gasteiger partial charge in [-0.1, -0.05) is 12.1 Å². The molecule has 0 aliphatic carbocycles. The van der Waals surface area contributed by atoms with Crippen molar-refractivity contribution in [3.05, 3.63) is 29.8 Å². The summed E-state index contributed by atoms with van der Waals surface area (Å²) in [6.07, 6.45) is 2.57. The number of ether oxygens (including phenoxy) is 1. The van der Waals surface area contributed by atoms with E-state index in [9.17, 15) is 5.11 Å². The molecule has 6 nitrogen and oxygen atoms in total. The summed E-state index contributed by atoms with van der Waals surface area (Å²) in [7, 11) is 0. The Morgan fingerprint density at radius 3 is 2.73 bits per heavy atom. The third kappa shape index (κ3) is 4.48. The predicted octanol–water partition coefficient (Wildman–Crippen LogP) is 1.91. The number of aliphatic hydroxyl groups excluding tert-OH is 1. The van der Waals surface area contributed by atoms with Gasteiger partial charge in [0.25, 0.3) is 0 Å². The van der Waals surface area contributed by atoms with Crippen molar-refractivity contribution < 1.29 is 9.84 Å². The molecular weight excluding hydrogens is 328 g/mol. The van der Waals surface area contributed by atoms with Crippen molar-refractivity contribution in [3.63, 3.8) is 0 Å². The number of aliphatic hydroxyl groups is 1. The first kappa shape index (κ1) is 19.0. The summed E-state index contributed by atoms with van der Waals surface area (Å²) in [5.74, 6) is 0.784. The van der Waals surface area contributed by atoms with Crippen LogP contribution in [0.1, 0.15) is 38.3 Å². The highest BCUT2D eigenvalue weighted by Gasteiger charge is 2.38. The molecule has 0 radical (unpaired) electrons. The predicted molar refractivity (Wildman–Crippen MR) is 106 cm³/mol. The third-order valence-corrected chi connectivity index (χ3v) is 5.26. The molecule has 2 aliphatic rings. The average Bonchev–Trinajstić information content (AvgIpc) is 3.16. The minimum Gasteiger partial charge on any atom is -0.396 e. The van der Waals surface area contributed by atoms with Crippen molar-refractivity contribution in [1.82, 2.24) is 10.6 Å². The molecule has 0 bridgehead atoms. The van der Waals surface area contributed by atoms with Gasteiger partial charge in [0.05, 0.1) is 37.8 Å². The van der Waals surface area contributed by atoms with Gasteiger partial charge >= 0.3 is 0 Å². The Kier molecular flexibility index (Phi) is 6.38. The Balaban J connectivity index is 1.65. The summed E-state index contributed by atoms with van der Waals surface area (Å²) in [5.41, 5.74) is 2.35. The minimum absolute atomic E-state index is 0.114. The molecule has 6 heteroatoms. The summed E-state index contributed by atoms with van der Waals surface area (Å²) in [4.78, 5) is 7.14. The molecular formula is C20H32N4O2. The number of benzene rings is 1. The van der Waals surface area contributed by atoms with Crippen LogP contribution >= 0.6 is 0 Å². The monoisotopic (exact) mass is 360 g/mol. The van der Waals surface area contributed by atoms with Gasteiger partial charge in [-0.15, -0.1) is 0 Å². The lowest BCUT2D eigenvalue weighted by Crippen LogP contribution is -2.49. The number of anilines is 1. The van der Waals surface area contributed by atoms with Crippen LogP contribution in [0.4, 0.5) is 5.69 Å². The molecule has 1 aromatic rings. The summed E-state index contributed by atoms with van der Waals surface area (Å²) < 4.78 is 5.26. The van der Waals surface area contributed by atoms with E-state index in [-0.39, 0.29) is 18.1 Å². The highest BCUT2D eigenvalue weighted by atomic mass is 16.5. The van der Waals surface area contributed by atoms with E-state index in [1.807, 2.05) is 0 Å². The summed E-state index contributed by atoms with van der Waals surface area (Å²) >= 11 is 0. The molecule has 26 heavy (non-hydrogen) atoms. The van der Waals surface area contributed by atoms with Crippen molar-refractivity contribution in [2.45, 2.75) is 32.7 Å². The van der Waals surface area contributed by atoms with Gasteiger partial charge in [0, 0.05) is 25.3 Å². The van der Waals surface area contributed by atoms with E-state index in [2.05, 4.69) is 58.6 Å². The first-order chi connectivity index (χ1) is 12.7. The number of nitrogens with zero attached hydrogens (tertiary/aromatic N) is 2. The molecule has 1 atom stereocenters. The van der Waals surface area contributed by atoms with Gasteiger partial charge in [0.2, 0.25) is 0 Å². The molecule has 0 saturated carbocycles. The van der Waals surface area contributed by atoms with E-state index in [1.165, 1.54) is 24.1 Å². The van der Waals surface area contributed by atoms with Gasteiger partial charge in [-0.3, -0.25) is 4.99 Å². The summed E-state index contributed by atoms with van der Waals surface area (Å²) in [5, 5.41) is 16.4. The molecule has 2 fully saturated rings. The SMILES string of the molecule is CCNC(=NCC1(CO)COC1)NC(C)c1cccc(N2CCCC2)c1. The highest BCUT2D eigenvalue weighted by Crippen LogP contribution is 2.27. The fraction of sp³-hybridized carbons (Fsp3) is 0.650. The molecule has 144 valence electrons. The smallest absolute Gasteiger partial charge is 0.191 e. The van der Waals surface area contributed by atoms with Gasteiger partial charge < -0.3 is 25.4 Å². The van der Waals surface area contributed by atoms with E-state index in [0.717, 1.165) is 25.6 Å². The standard InChI is InChI=1S/C20H32N4O2/c1-3-21-19(22-12-20(13-25)14-26-15-20)23-16(2)17-7-6-8-18(11-17)24-9-4-5-10-24/h6-8,11,16,25H,3-5,9-10,12-15H2,1-2H3,(H2,21,22,23). The topological polar surface area (TPSA) is 69.1 Å². The van der Waals surface area contributed by atoms with Gasteiger partial charge in [-0.05, 0) is 44.4 Å². The zero-order valence-electron chi connectivity index (χ0n) is 16.0. The van der Waals surface area contributed by atoms with Crippen LogP contribution in [0.15, 0.2) is 29.3 Å². The minimum atomic E-state index is -0.207. The first-order valence-corrected chi connectivity index (χ1v) is 9.74. The normalized spacial score (nSPS) is 20.6. The maximum Gasteiger partial charge on any atom is 0.191 e. The lowest BCUT2D eigenvalue weighted by molar-refractivity contribution is -0.130. The van der Waals surface area contributed by atoms with Gasteiger partial charge in [-0.2, -0.15) is 0 Å². The number of nitrogens with one attached hydrogen (secondary N) is 2. The third-order valence-electron chi connectivity index (χ3n) is 5.26. The van der Waals surface area contributed by atoms with Crippen molar-refractivity contribution >= 4 is 11.6 Å². The molecule has 3 N–H and O–H groups in total. The summed E-state index contributed by atoms with van der Waals surface area (Å²) in [6, 6.07) is 8.93. The largest absolute Gasteiger partial charge is 0.396 e. The Labute approximate surface area is 156 Å². The molecule has 1 aromatic carbocycles. The van der Waals surface area contributed by atoms with E-state index < -0.39 is 0 Å². The lowest BCUT2D eigenvalue weighted by Gasteiger charge is -2.38. The maximum absolute atomic E-state index is 9.58.